The van der Waals surface area contributed by atoms with Crippen molar-refractivity contribution in [3.05, 3.63) is 0 Å². The molecule has 0 saturated heterocycles. The molecule has 0 bridgehead atoms. The molecule has 0 aromatic heterocycles. The summed E-state index contributed by atoms with van der Waals surface area (Å²) >= 11 is 0. The van der Waals surface area contributed by atoms with Gasteiger partial charge in [0.2, 0.25) is 0 Å². The maximum Gasteiger partial charge on any atom is 0.379 e. The molecule has 0 unspecified atom stereocenters. The highest BCUT2D eigenvalue weighted by atomic mass is 19.3. The molecule has 0 amide bonds. The SMILES string of the molecule is CCOCC(F)(F)OCCF. The van der Waals surface area contributed by atoms with Crippen molar-refractivity contribution in [1.29, 1.82) is 0 Å². The third-order valence-electron chi connectivity index (χ3n) is 0.865. The number of hydrogen-bond acceptors (Lipinski definition) is 2. The molecule has 0 saturated carbocycles. The molecule has 0 atom stereocenters. The quantitative estimate of drug-likeness (QED) is 0.605. The topological polar surface area (TPSA) is 18.5 Å². The molecule has 0 rings (SSSR count). The molecular formula is C6H11F3O2. The Hall–Kier alpha value is -0.290. The monoisotopic (exact) mass is 172 g/mol. The van der Waals surface area contributed by atoms with E-state index >= 15 is 0 Å². The largest absolute Gasteiger partial charge is 0.379 e. The Labute approximate surface area is 63.3 Å². The second-order valence-corrected chi connectivity index (χ2v) is 1.81. The molecule has 0 aromatic carbocycles. The average molecular weight is 172 g/mol. The maximum atomic E-state index is 12.3. The summed E-state index contributed by atoms with van der Waals surface area (Å²) in [6.45, 7) is -0.550. The first-order chi connectivity index (χ1) is 5.12. The highest BCUT2D eigenvalue weighted by Gasteiger charge is 2.29. The van der Waals surface area contributed by atoms with Crippen molar-refractivity contribution < 1.29 is 22.6 Å². The van der Waals surface area contributed by atoms with Crippen LogP contribution in [0.4, 0.5) is 13.2 Å². The van der Waals surface area contributed by atoms with E-state index in [1.165, 1.54) is 0 Å². The number of halogens is 3. The van der Waals surface area contributed by atoms with Crippen LogP contribution in [0.2, 0.25) is 0 Å². The average Bonchev–Trinajstić information content (AvgIpc) is 1.97. The molecule has 0 heterocycles. The van der Waals surface area contributed by atoms with Crippen LogP contribution in [-0.4, -0.2) is 32.6 Å². The van der Waals surface area contributed by atoms with Gasteiger partial charge in [0.1, 0.15) is 13.3 Å². The molecule has 5 heteroatoms. The van der Waals surface area contributed by atoms with E-state index in [2.05, 4.69) is 9.47 Å². The van der Waals surface area contributed by atoms with Gasteiger partial charge in [0, 0.05) is 6.61 Å². The summed E-state index contributed by atoms with van der Waals surface area (Å²) in [4.78, 5) is 0. The molecule has 0 aliphatic carbocycles. The van der Waals surface area contributed by atoms with Gasteiger partial charge in [-0.05, 0) is 6.92 Å². The Morgan fingerprint density at radius 3 is 2.45 bits per heavy atom. The van der Waals surface area contributed by atoms with Gasteiger partial charge in [0.25, 0.3) is 0 Å². The van der Waals surface area contributed by atoms with Crippen molar-refractivity contribution >= 4 is 0 Å². The Kier molecular flexibility index (Phi) is 5.23. The van der Waals surface area contributed by atoms with E-state index in [0.29, 0.717) is 0 Å². The zero-order valence-corrected chi connectivity index (χ0v) is 6.28. The van der Waals surface area contributed by atoms with E-state index in [1.807, 2.05) is 0 Å². The van der Waals surface area contributed by atoms with Crippen LogP contribution in [-0.2, 0) is 9.47 Å². The third kappa shape index (κ3) is 6.12. The smallest absolute Gasteiger partial charge is 0.373 e. The van der Waals surface area contributed by atoms with E-state index < -0.39 is 26.0 Å². The lowest BCUT2D eigenvalue weighted by molar-refractivity contribution is -0.264. The van der Waals surface area contributed by atoms with Gasteiger partial charge < -0.3 is 9.47 Å². The Bertz CT molecular complexity index is 87.8. The van der Waals surface area contributed by atoms with Crippen molar-refractivity contribution in [2.24, 2.45) is 0 Å². The molecule has 0 aromatic rings. The first-order valence-electron chi connectivity index (χ1n) is 3.28. The number of rotatable bonds is 6. The van der Waals surface area contributed by atoms with E-state index in [9.17, 15) is 13.2 Å². The first-order valence-corrected chi connectivity index (χ1v) is 3.28. The zero-order valence-electron chi connectivity index (χ0n) is 6.28. The minimum Gasteiger partial charge on any atom is -0.373 e. The second kappa shape index (κ2) is 5.37. The zero-order chi connectivity index (χ0) is 8.74. The van der Waals surface area contributed by atoms with Crippen molar-refractivity contribution in [3.63, 3.8) is 0 Å². The lowest BCUT2D eigenvalue weighted by atomic mass is 10.6. The van der Waals surface area contributed by atoms with Crippen LogP contribution in [0.15, 0.2) is 0 Å². The van der Waals surface area contributed by atoms with Crippen molar-refractivity contribution in [2.75, 3.05) is 26.5 Å². The Morgan fingerprint density at radius 2 is 2.00 bits per heavy atom. The van der Waals surface area contributed by atoms with Gasteiger partial charge in [0.15, 0.2) is 0 Å². The fraction of sp³-hybridized carbons (Fsp3) is 1.00. The van der Waals surface area contributed by atoms with Crippen LogP contribution in [0.3, 0.4) is 0 Å². The van der Waals surface area contributed by atoms with Crippen LogP contribution in [0.25, 0.3) is 0 Å². The van der Waals surface area contributed by atoms with Crippen LogP contribution in [0, 0.1) is 0 Å². The number of hydrogen-bond donors (Lipinski definition) is 0. The van der Waals surface area contributed by atoms with Gasteiger partial charge in [-0.25, -0.2) is 4.39 Å². The van der Waals surface area contributed by atoms with Crippen molar-refractivity contribution in [2.45, 2.75) is 13.0 Å². The van der Waals surface area contributed by atoms with Gasteiger partial charge in [-0.2, -0.15) is 8.78 Å². The molecule has 0 spiro atoms. The number of alkyl halides is 3. The lowest BCUT2D eigenvalue weighted by Crippen LogP contribution is -2.28. The van der Waals surface area contributed by atoms with Gasteiger partial charge >= 0.3 is 6.11 Å². The van der Waals surface area contributed by atoms with Gasteiger partial charge in [-0.1, -0.05) is 0 Å². The van der Waals surface area contributed by atoms with Gasteiger partial charge in [-0.3, -0.25) is 0 Å². The highest BCUT2D eigenvalue weighted by molar-refractivity contribution is 4.49. The van der Waals surface area contributed by atoms with Gasteiger partial charge in [-0.15, -0.1) is 0 Å². The van der Waals surface area contributed by atoms with Gasteiger partial charge in [0.05, 0.1) is 6.61 Å². The molecule has 0 aliphatic rings. The van der Waals surface area contributed by atoms with Crippen molar-refractivity contribution in [1.82, 2.24) is 0 Å². The minimum atomic E-state index is -3.36. The normalized spacial score (nSPS) is 12.0. The maximum absolute atomic E-state index is 12.3. The summed E-state index contributed by atoms with van der Waals surface area (Å²) in [6, 6.07) is 0. The predicted octanol–water partition coefficient (Wildman–Crippen LogP) is 1.60. The van der Waals surface area contributed by atoms with Crippen LogP contribution in [0.1, 0.15) is 6.92 Å². The molecule has 0 aliphatic heterocycles. The fourth-order valence-corrected chi connectivity index (χ4v) is 0.450. The van der Waals surface area contributed by atoms with E-state index in [-0.39, 0.29) is 6.61 Å². The second-order valence-electron chi connectivity index (χ2n) is 1.81. The van der Waals surface area contributed by atoms with Crippen LogP contribution >= 0.6 is 0 Å². The summed E-state index contributed by atoms with van der Waals surface area (Å²) in [5, 5.41) is 0. The molecule has 0 N–H and O–H groups in total. The van der Waals surface area contributed by atoms with E-state index in [1.54, 1.807) is 6.92 Å². The summed E-state index contributed by atoms with van der Waals surface area (Å²) < 4.78 is 44.2. The fourth-order valence-electron chi connectivity index (χ4n) is 0.450. The Morgan fingerprint density at radius 1 is 1.36 bits per heavy atom. The lowest BCUT2D eigenvalue weighted by Gasteiger charge is -2.14. The molecule has 2 nitrogen and oxygen atoms in total. The van der Waals surface area contributed by atoms with Crippen molar-refractivity contribution in [3.8, 4) is 0 Å². The highest BCUT2D eigenvalue weighted by Crippen LogP contribution is 2.14. The van der Waals surface area contributed by atoms with E-state index in [4.69, 9.17) is 0 Å². The molecular weight excluding hydrogens is 161 g/mol. The minimum absolute atomic E-state index is 0.189. The standard InChI is InChI=1S/C6H11F3O2/c1-2-10-5-6(8,9)11-4-3-7/h2-5H2,1H3. The molecule has 11 heavy (non-hydrogen) atoms. The summed E-state index contributed by atoms with van der Waals surface area (Å²) in [7, 11) is 0. The number of ether oxygens (including phenoxy) is 2. The third-order valence-corrected chi connectivity index (χ3v) is 0.865. The molecule has 68 valence electrons. The summed E-state index contributed by atoms with van der Waals surface area (Å²) in [6.07, 6.45) is -3.36. The summed E-state index contributed by atoms with van der Waals surface area (Å²) in [5.74, 6) is 0. The van der Waals surface area contributed by atoms with E-state index in [0.717, 1.165) is 0 Å². The molecule has 0 fully saturated rings. The summed E-state index contributed by atoms with van der Waals surface area (Å²) in [5.41, 5.74) is 0. The van der Waals surface area contributed by atoms with Crippen LogP contribution in [0.5, 0.6) is 0 Å². The molecule has 0 radical (unpaired) electrons. The first kappa shape index (κ1) is 10.7. The Balaban J connectivity index is 3.43. The predicted molar refractivity (Wildman–Crippen MR) is 33.4 cm³/mol. The van der Waals surface area contributed by atoms with Crippen LogP contribution < -0.4 is 0 Å².